The van der Waals surface area contributed by atoms with Gasteiger partial charge in [0.05, 0.1) is 54.4 Å². The van der Waals surface area contributed by atoms with Crippen LogP contribution in [0, 0.1) is 5.92 Å². The maximum absolute atomic E-state index is 13.8. The predicted octanol–water partition coefficient (Wildman–Crippen LogP) is 2.00. The first-order valence-corrected chi connectivity index (χ1v) is 18.0. The first kappa shape index (κ1) is 37.5. The highest BCUT2D eigenvalue weighted by atomic mass is 32.2. The second-order valence-electron chi connectivity index (χ2n) is 12.6. The zero-order valence-corrected chi connectivity index (χ0v) is 29.2. The molecule has 1 fully saturated rings. The second kappa shape index (κ2) is 17.0. The fraction of sp³-hybridized carbons (Fsp3) is 0.500. The third kappa shape index (κ3) is 9.13. The zero-order chi connectivity index (χ0) is 35.7. The summed E-state index contributed by atoms with van der Waals surface area (Å²) in [6.45, 7) is 6.27. The molecule has 0 radical (unpaired) electrons. The van der Waals surface area contributed by atoms with Crippen LogP contribution in [0.5, 0.6) is 5.75 Å². The molecule has 6 rings (SSSR count). The van der Waals surface area contributed by atoms with E-state index in [1.54, 1.807) is 6.07 Å². The fourth-order valence-corrected chi connectivity index (χ4v) is 7.45. The van der Waals surface area contributed by atoms with E-state index in [0.29, 0.717) is 29.5 Å². The summed E-state index contributed by atoms with van der Waals surface area (Å²) in [4.78, 5) is 22.2. The molecule has 0 atom stereocenters. The number of para-hydroxylation sites is 1. The number of nitrogens with one attached hydrogen (secondary N) is 2. The van der Waals surface area contributed by atoms with Crippen molar-refractivity contribution in [3.8, 4) is 17.0 Å². The number of nitrogen functional groups attached to an aromatic ring is 1. The van der Waals surface area contributed by atoms with Gasteiger partial charge in [0.2, 0.25) is 10.0 Å². The van der Waals surface area contributed by atoms with Crippen molar-refractivity contribution in [2.75, 3.05) is 70.4 Å². The second-order valence-corrected chi connectivity index (χ2v) is 14.5. The molecule has 0 spiro atoms. The Kier molecular flexibility index (Phi) is 12.7. The first-order valence-electron chi connectivity index (χ1n) is 16.6. The number of benzene rings is 2. The zero-order valence-electron chi connectivity index (χ0n) is 28.3. The van der Waals surface area contributed by atoms with Crippen molar-refractivity contribution >= 4 is 27.4 Å². The van der Waals surface area contributed by atoms with Gasteiger partial charge in [-0.2, -0.15) is 4.31 Å². The Bertz CT molecular complexity index is 1700. The standard InChI is InChI=1S/C34H46N6O9S/c1-34(2,33(42)43)40-12-15-47-16-17-48-18-19-49-30-25(21-36-20-23-10-13-46-14-11-23)4-3-5-27(30)39-32(41)29-31(35)37-22-28(38-29)24-6-8-26(9-7-24)50(40,44)45/h3-9,22-23,33,36,42-43H,10-21H2,1-2H3,(H2,35,37)(H,39,41). The van der Waals surface area contributed by atoms with Gasteiger partial charge in [0, 0.05) is 37.4 Å². The van der Waals surface area contributed by atoms with E-state index in [-0.39, 0.29) is 61.7 Å². The summed E-state index contributed by atoms with van der Waals surface area (Å²) in [6, 6.07) is 11.3. The van der Waals surface area contributed by atoms with E-state index in [0.717, 1.165) is 42.5 Å². The largest absolute Gasteiger partial charge is 0.489 e. The summed E-state index contributed by atoms with van der Waals surface area (Å²) in [6.07, 6.45) is 1.42. The third-order valence-corrected chi connectivity index (χ3v) is 10.8. The normalized spacial score (nSPS) is 18.8. The molecular formula is C34H46N6O9S. The molecule has 1 amide bonds. The van der Waals surface area contributed by atoms with Crippen LogP contribution in [0.4, 0.5) is 11.5 Å². The van der Waals surface area contributed by atoms with Crippen LogP contribution in [0.1, 0.15) is 42.7 Å². The summed E-state index contributed by atoms with van der Waals surface area (Å²) in [7, 11) is -4.22. The van der Waals surface area contributed by atoms with Crippen LogP contribution in [0.15, 0.2) is 53.6 Å². The minimum Gasteiger partial charge on any atom is -0.489 e. The number of fused-ring (bicyclic) bond motifs is 13. The number of amides is 1. The van der Waals surface area contributed by atoms with Crippen LogP contribution < -0.4 is 21.1 Å². The smallest absolute Gasteiger partial charge is 0.278 e. The molecule has 0 unspecified atom stereocenters. The number of rotatable bonds is 6. The molecule has 1 saturated heterocycles. The maximum Gasteiger partial charge on any atom is 0.278 e. The van der Waals surface area contributed by atoms with Crippen LogP contribution in [-0.4, -0.2) is 110 Å². The molecule has 3 aliphatic heterocycles. The van der Waals surface area contributed by atoms with Crippen molar-refractivity contribution in [3.05, 3.63) is 59.9 Å². The molecule has 1 aromatic heterocycles. The van der Waals surface area contributed by atoms with Gasteiger partial charge in [0.1, 0.15) is 12.4 Å². The molecule has 2 aromatic carbocycles. The minimum absolute atomic E-state index is 0.0194. The molecule has 4 bridgehead atoms. The van der Waals surface area contributed by atoms with Crippen LogP contribution in [-0.2, 0) is 30.8 Å². The number of carbonyl (C=O) groups excluding carboxylic acids is 1. The van der Waals surface area contributed by atoms with Crippen molar-refractivity contribution in [1.82, 2.24) is 19.6 Å². The van der Waals surface area contributed by atoms with Gasteiger partial charge < -0.3 is 45.5 Å². The number of aliphatic hydroxyl groups excluding tert-OH is 1. The Labute approximate surface area is 292 Å². The highest BCUT2D eigenvalue weighted by Crippen LogP contribution is 2.31. The number of ether oxygens (including phenoxy) is 4. The minimum atomic E-state index is -4.22. The van der Waals surface area contributed by atoms with Crippen molar-refractivity contribution in [1.29, 1.82) is 0 Å². The lowest BCUT2D eigenvalue weighted by Gasteiger charge is -2.38. The van der Waals surface area contributed by atoms with E-state index in [4.69, 9.17) is 24.7 Å². The molecule has 3 aliphatic rings. The summed E-state index contributed by atoms with van der Waals surface area (Å²) in [5.41, 5.74) is 6.44. The average molecular weight is 715 g/mol. The quantitative estimate of drug-likeness (QED) is 0.183. The van der Waals surface area contributed by atoms with E-state index in [9.17, 15) is 23.4 Å². The summed E-state index contributed by atoms with van der Waals surface area (Å²) < 4.78 is 51.6. The van der Waals surface area contributed by atoms with Gasteiger partial charge in [0.25, 0.3) is 5.91 Å². The predicted molar refractivity (Wildman–Crippen MR) is 185 cm³/mol. The van der Waals surface area contributed by atoms with E-state index >= 15 is 0 Å². The Morgan fingerprint density at radius 2 is 1.68 bits per heavy atom. The van der Waals surface area contributed by atoms with Gasteiger partial charge in [0.15, 0.2) is 17.8 Å². The van der Waals surface area contributed by atoms with Gasteiger partial charge in [-0.15, -0.1) is 0 Å². The Morgan fingerprint density at radius 1 is 1.00 bits per heavy atom. The van der Waals surface area contributed by atoms with Crippen molar-refractivity contribution < 1.29 is 42.4 Å². The van der Waals surface area contributed by atoms with Crippen molar-refractivity contribution in [3.63, 3.8) is 0 Å². The lowest BCUT2D eigenvalue weighted by molar-refractivity contribution is -0.122. The molecule has 0 saturated carbocycles. The number of hydrogen-bond acceptors (Lipinski definition) is 13. The number of nitrogens with zero attached hydrogens (tertiary/aromatic N) is 3. The topological polar surface area (TPSA) is 208 Å². The lowest BCUT2D eigenvalue weighted by atomic mass is 10.0. The Hall–Kier alpha value is -3.74. The van der Waals surface area contributed by atoms with E-state index in [1.807, 2.05) is 12.1 Å². The molecule has 15 nitrogen and oxygen atoms in total. The summed E-state index contributed by atoms with van der Waals surface area (Å²) >= 11 is 0. The van der Waals surface area contributed by atoms with Gasteiger partial charge in [-0.1, -0.05) is 24.3 Å². The number of sulfonamides is 1. The monoisotopic (exact) mass is 714 g/mol. The number of carbonyl (C=O) groups is 1. The highest BCUT2D eigenvalue weighted by Gasteiger charge is 2.41. The molecule has 3 aromatic rings. The van der Waals surface area contributed by atoms with Crippen LogP contribution in [0.2, 0.25) is 0 Å². The molecule has 4 heterocycles. The third-order valence-electron chi connectivity index (χ3n) is 8.75. The van der Waals surface area contributed by atoms with Gasteiger partial charge in [-0.25, -0.2) is 18.4 Å². The molecule has 0 aliphatic carbocycles. The first-order chi connectivity index (χ1) is 24.0. The fourth-order valence-electron chi connectivity index (χ4n) is 5.68. The maximum atomic E-state index is 13.8. The van der Waals surface area contributed by atoms with Gasteiger partial charge in [-0.05, 0) is 57.4 Å². The molecular weight excluding hydrogens is 668 g/mol. The molecule has 272 valence electrons. The van der Waals surface area contributed by atoms with E-state index < -0.39 is 27.8 Å². The van der Waals surface area contributed by atoms with Crippen molar-refractivity contribution in [2.45, 2.75) is 50.0 Å². The van der Waals surface area contributed by atoms with Crippen molar-refractivity contribution in [2.24, 2.45) is 5.92 Å². The lowest BCUT2D eigenvalue weighted by Crippen LogP contribution is -2.55. The van der Waals surface area contributed by atoms with Gasteiger partial charge in [-0.3, -0.25) is 4.79 Å². The van der Waals surface area contributed by atoms with E-state index in [2.05, 4.69) is 20.6 Å². The number of anilines is 2. The summed E-state index contributed by atoms with van der Waals surface area (Å²) in [5, 5.41) is 26.6. The molecule has 16 heteroatoms. The average Bonchev–Trinajstić information content (AvgIpc) is 3.10. The SMILES string of the molecule is CC(C)(C(O)O)N1CCOCCOCCOc2c(CNCC3CCOCC3)cccc2NC(=O)c2nc(cnc2N)-c2ccc(cc2)S1(=O)=O. The van der Waals surface area contributed by atoms with Crippen LogP contribution in [0.3, 0.4) is 0 Å². The van der Waals surface area contributed by atoms with Crippen LogP contribution >= 0.6 is 0 Å². The number of hydrogen-bond donors (Lipinski definition) is 5. The molecule has 50 heavy (non-hydrogen) atoms. The Morgan fingerprint density at radius 3 is 2.40 bits per heavy atom. The van der Waals surface area contributed by atoms with Crippen LogP contribution in [0.25, 0.3) is 11.3 Å². The Balaban J connectivity index is 1.43. The highest BCUT2D eigenvalue weighted by molar-refractivity contribution is 7.89. The number of nitrogens with two attached hydrogens (primary N) is 1. The van der Waals surface area contributed by atoms with Gasteiger partial charge >= 0.3 is 0 Å². The summed E-state index contributed by atoms with van der Waals surface area (Å²) in [5.74, 6) is 0.304. The number of aromatic nitrogens is 2. The molecule has 6 N–H and O–H groups in total. The van der Waals surface area contributed by atoms with E-state index in [1.165, 1.54) is 44.3 Å². The number of aliphatic hydroxyl groups is 2.